The van der Waals surface area contributed by atoms with Gasteiger partial charge in [-0.15, -0.1) is 11.3 Å². The van der Waals surface area contributed by atoms with Crippen LogP contribution in [0.25, 0.3) is 11.0 Å². The monoisotopic (exact) mass is 390 g/mol. The molecule has 2 aromatic heterocycles. The Kier molecular flexibility index (Phi) is 4.90. The quantitative estimate of drug-likeness (QED) is 0.473. The molecule has 6 nitrogen and oxygen atoms in total. The van der Waals surface area contributed by atoms with E-state index in [1.54, 1.807) is 30.3 Å². The lowest BCUT2D eigenvalue weighted by Gasteiger charge is -2.12. The number of carbonyl (C=O) groups excluding carboxylic acids is 2. The molecule has 0 saturated heterocycles. The van der Waals surface area contributed by atoms with Crippen LogP contribution in [-0.4, -0.2) is 21.8 Å². The highest BCUT2D eigenvalue weighted by Crippen LogP contribution is 2.17. The highest BCUT2D eigenvalue weighted by molar-refractivity contribution is 7.12. The molecular formula is C21H18N4O2S. The van der Waals surface area contributed by atoms with E-state index in [2.05, 4.69) is 20.6 Å². The van der Waals surface area contributed by atoms with Crippen molar-refractivity contribution < 1.29 is 9.59 Å². The van der Waals surface area contributed by atoms with Crippen LogP contribution in [0.4, 0.5) is 5.69 Å². The van der Waals surface area contributed by atoms with Crippen molar-refractivity contribution in [3.63, 3.8) is 0 Å². The van der Waals surface area contributed by atoms with Gasteiger partial charge in [-0.05, 0) is 54.8 Å². The lowest BCUT2D eigenvalue weighted by molar-refractivity contribution is 0.0938. The van der Waals surface area contributed by atoms with Gasteiger partial charge >= 0.3 is 0 Å². The van der Waals surface area contributed by atoms with Crippen LogP contribution in [0.1, 0.15) is 38.8 Å². The molecule has 0 aliphatic carbocycles. The number of nitrogens with one attached hydrogen (secondary N) is 3. The molecular weight excluding hydrogens is 372 g/mol. The van der Waals surface area contributed by atoms with Gasteiger partial charge in [0.15, 0.2) is 0 Å². The molecule has 2 aromatic carbocycles. The van der Waals surface area contributed by atoms with Crippen molar-refractivity contribution in [2.75, 3.05) is 5.32 Å². The van der Waals surface area contributed by atoms with Crippen molar-refractivity contribution in [1.82, 2.24) is 15.3 Å². The molecule has 0 aliphatic rings. The number of benzene rings is 2. The van der Waals surface area contributed by atoms with Gasteiger partial charge in [-0.1, -0.05) is 18.2 Å². The molecule has 0 saturated carbocycles. The van der Waals surface area contributed by atoms with Crippen molar-refractivity contribution in [2.24, 2.45) is 0 Å². The Hall–Kier alpha value is -3.45. The Balaban J connectivity index is 1.41. The maximum absolute atomic E-state index is 12.5. The number of hydrogen-bond acceptors (Lipinski definition) is 4. The number of nitrogens with zero attached hydrogens (tertiary/aromatic N) is 1. The first-order chi connectivity index (χ1) is 13.6. The number of rotatable bonds is 5. The van der Waals surface area contributed by atoms with E-state index in [1.165, 1.54) is 11.3 Å². The zero-order valence-electron chi connectivity index (χ0n) is 15.1. The average Bonchev–Trinajstić information content (AvgIpc) is 3.38. The van der Waals surface area contributed by atoms with E-state index < -0.39 is 0 Å². The average molecular weight is 390 g/mol. The predicted molar refractivity (Wildman–Crippen MR) is 111 cm³/mol. The third kappa shape index (κ3) is 3.79. The molecule has 0 bridgehead atoms. The maximum Gasteiger partial charge on any atom is 0.265 e. The van der Waals surface area contributed by atoms with Gasteiger partial charge < -0.3 is 15.6 Å². The number of carbonyl (C=O) groups is 2. The number of hydrogen-bond donors (Lipinski definition) is 3. The van der Waals surface area contributed by atoms with Gasteiger partial charge in [0, 0.05) is 11.3 Å². The van der Waals surface area contributed by atoms with Gasteiger partial charge in [-0.2, -0.15) is 0 Å². The number of anilines is 1. The number of para-hydroxylation sites is 2. The van der Waals surface area contributed by atoms with Gasteiger partial charge in [-0.3, -0.25) is 9.59 Å². The number of aromatic nitrogens is 2. The Morgan fingerprint density at radius 1 is 1.00 bits per heavy atom. The first-order valence-electron chi connectivity index (χ1n) is 8.80. The lowest BCUT2D eigenvalue weighted by atomic mass is 10.1. The van der Waals surface area contributed by atoms with Crippen LogP contribution in [0, 0.1) is 0 Å². The minimum Gasteiger partial charge on any atom is -0.342 e. The minimum atomic E-state index is -0.266. The van der Waals surface area contributed by atoms with Gasteiger partial charge in [0.1, 0.15) is 5.82 Å². The summed E-state index contributed by atoms with van der Waals surface area (Å²) < 4.78 is 0. The van der Waals surface area contributed by atoms with E-state index >= 15 is 0 Å². The standard InChI is InChI=1S/C21H18N4O2S/c1-13(19-24-16-5-2-3-6-17(16)25-19)22-20(26)14-8-10-15(11-9-14)23-21(27)18-7-4-12-28-18/h2-13H,1H3,(H,22,26)(H,23,27)(H,24,25). The summed E-state index contributed by atoms with van der Waals surface area (Å²) in [5, 5.41) is 7.61. The summed E-state index contributed by atoms with van der Waals surface area (Å²) in [7, 11) is 0. The first kappa shape index (κ1) is 17.9. The molecule has 0 aliphatic heterocycles. The van der Waals surface area contributed by atoms with E-state index in [4.69, 9.17) is 0 Å². The molecule has 2 heterocycles. The van der Waals surface area contributed by atoms with E-state index in [0.717, 1.165) is 11.0 Å². The zero-order chi connectivity index (χ0) is 19.5. The molecule has 7 heteroatoms. The van der Waals surface area contributed by atoms with Gasteiger partial charge in [0.2, 0.25) is 0 Å². The van der Waals surface area contributed by atoms with Crippen LogP contribution in [0.5, 0.6) is 0 Å². The molecule has 1 unspecified atom stereocenters. The summed E-state index contributed by atoms with van der Waals surface area (Å²) in [6.45, 7) is 1.88. The third-order valence-electron chi connectivity index (χ3n) is 4.32. The summed E-state index contributed by atoms with van der Waals surface area (Å²) in [5.41, 5.74) is 2.95. The molecule has 0 spiro atoms. The smallest absolute Gasteiger partial charge is 0.265 e. The van der Waals surface area contributed by atoms with E-state index in [1.807, 2.05) is 42.6 Å². The minimum absolute atomic E-state index is 0.161. The molecule has 1 atom stereocenters. The van der Waals surface area contributed by atoms with Gasteiger partial charge in [0.05, 0.1) is 22.0 Å². The van der Waals surface area contributed by atoms with E-state index in [9.17, 15) is 9.59 Å². The summed E-state index contributed by atoms with van der Waals surface area (Å²) in [6, 6.07) is 17.9. The van der Waals surface area contributed by atoms with Crippen molar-refractivity contribution in [3.8, 4) is 0 Å². The molecule has 28 heavy (non-hydrogen) atoms. The summed E-state index contributed by atoms with van der Waals surface area (Å²) in [4.78, 5) is 33.0. The molecule has 4 aromatic rings. The Bertz CT molecular complexity index is 1080. The molecule has 3 N–H and O–H groups in total. The molecule has 0 fully saturated rings. The van der Waals surface area contributed by atoms with Crippen LogP contribution in [0.15, 0.2) is 66.0 Å². The van der Waals surface area contributed by atoms with Crippen molar-refractivity contribution in [2.45, 2.75) is 13.0 Å². The number of aromatic amines is 1. The third-order valence-corrected chi connectivity index (χ3v) is 5.18. The highest BCUT2D eigenvalue weighted by atomic mass is 32.1. The van der Waals surface area contributed by atoms with Crippen LogP contribution in [0.2, 0.25) is 0 Å². The fourth-order valence-corrected chi connectivity index (χ4v) is 3.45. The number of amides is 2. The van der Waals surface area contributed by atoms with Crippen LogP contribution in [0.3, 0.4) is 0 Å². The Morgan fingerprint density at radius 2 is 1.79 bits per heavy atom. The zero-order valence-corrected chi connectivity index (χ0v) is 15.9. The molecule has 4 rings (SSSR count). The summed E-state index contributed by atoms with van der Waals surface area (Å²) in [6.07, 6.45) is 0. The van der Waals surface area contributed by atoms with Crippen LogP contribution >= 0.6 is 11.3 Å². The van der Waals surface area contributed by atoms with Gasteiger partial charge in [-0.25, -0.2) is 4.98 Å². The Labute approximate surface area is 165 Å². The second-order valence-corrected chi connectivity index (χ2v) is 7.29. The highest BCUT2D eigenvalue weighted by Gasteiger charge is 2.15. The number of thiophene rings is 1. The Morgan fingerprint density at radius 3 is 2.50 bits per heavy atom. The van der Waals surface area contributed by atoms with Crippen molar-refractivity contribution in [1.29, 1.82) is 0 Å². The largest absolute Gasteiger partial charge is 0.342 e. The second-order valence-electron chi connectivity index (χ2n) is 6.34. The fraction of sp³-hybridized carbons (Fsp3) is 0.0952. The van der Waals surface area contributed by atoms with Crippen LogP contribution < -0.4 is 10.6 Å². The van der Waals surface area contributed by atoms with E-state index in [0.29, 0.717) is 22.0 Å². The fourth-order valence-electron chi connectivity index (χ4n) is 2.83. The summed E-state index contributed by atoms with van der Waals surface area (Å²) >= 11 is 1.38. The predicted octanol–water partition coefficient (Wildman–Crippen LogP) is 4.37. The molecule has 140 valence electrons. The normalized spacial score (nSPS) is 11.9. The van der Waals surface area contributed by atoms with Crippen LogP contribution in [-0.2, 0) is 0 Å². The summed E-state index contributed by atoms with van der Waals surface area (Å²) in [5.74, 6) is 0.337. The molecule has 0 radical (unpaired) electrons. The number of fused-ring (bicyclic) bond motifs is 1. The number of H-pyrrole nitrogens is 1. The first-order valence-corrected chi connectivity index (χ1v) is 9.68. The van der Waals surface area contributed by atoms with Gasteiger partial charge in [0.25, 0.3) is 11.8 Å². The number of imidazole rings is 1. The second kappa shape index (κ2) is 7.66. The van der Waals surface area contributed by atoms with Crippen molar-refractivity contribution in [3.05, 3.63) is 82.3 Å². The molecule has 2 amide bonds. The topological polar surface area (TPSA) is 86.9 Å². The lowest BCUT2D eigenvalue weighted by Crippen LogP contribution is -2.27. The maximum atomic E-state index is 12.5. The SMILES string of the molecule is CC(NC(=O)c1ccc(NC(=O)c2cccs2)cc1)c1nc2ccccc2[nH]1. The van der Waals surface area contributed by atoms with Crippen molar-refractivity contribution >= 4 is 39.9 Å². The van der Waals surface area contributed by atoms with E-state index in [-0.39, 0.29) is 17.9 Å².